The van der Waals surface area contributed by atoms with E-state index in [1.165, 1.54) is 0 Å². The molecular weight excluding hydrogens is 240 g/mol. The van der Waals surface area contributed by atoms with E-state index in [1.54, 1.807) is 7.11 Å². The van der Waals surface area contributed by atoms with Crippen molar-refractivity contribution in [2.75, 3.05) is 40.0 Å². The van der Waals surface area contributed by atoms with E-state index >= 15 is 0 Å². The molecule has 0 saturated heterocycles. The topological polar surface area (TPSA) is 47.7 Å². The van der Waals surface area contributed by atoms with Gasteiger partial charge in [0.2, 0.25) is 0 Å². The minimum absolute atomic E-state index is 0.0208. The van der Waals surface area contributed by atoms with Gasteiger partial charge in [-0.3, -0.25) is 4.90 Å². The molecule has 0 radical (unpaired) electrons. The Kier molecular flexibility index (Phi) is 7.48. The molecule has 1 aromatic carbocycles. The Balaban J connectivity index is 2.48. The molecule has 108 valence electrons. The molecule has 0 fully saturated rings. The Bertz CT molecular complexity index is 341. The fourth-order valence-electron chi connectivity index (χ4n) is 1.95. The number of benzene rings is 1. The molecule has 0 spiro atoms. The van der Waals surface area contributed by atoms with Gasteiger partial charge >= 0.3 is 0 Å². The third-order valence-electron chi connectivity index (χ3n) is 3.20. The van der Waals surface area contributed by atoms with Crippen molar-refractivity contribution in [1.29, 1.82) is 0 Å². The third-order valence-corrected chi connectivity index (χ3v) is 3.20. The number of ether oxygens (including phenoxy) is 2. The van der Waals surface area contributed by atoms with Crippen LogP contribution in [-0.4, -0.2) is 44.9 Å². The molecule has 4 nitrogen and oxygen atoms in total. The Morgan fingerprint density at radius 1 is 1.21 bits per heavy atom. The summed E-state index contributed by atoms with van der Waals surface area (Å²) in [7, 11) is 1.67. The van der Waals surface area contributed by atoms with E-state index in [1.807, 2.05) is 31.2 Å². The van der Waals surface area contributed by atoms with Crippen molar-refractivity contribution in [2.24, 2.45) is 5.73 Å². The van der Waals surface area contributed by atoms with Crippen LogP contribution in [0.3, 0.4) is 0 Å². The summed E-state index contributed by atoms with van der Waals surface area (Å²) >= 11 is 0. The predicted molar refractivity (Wildman–Crippen MR) is 78.5 cm³/mol. The zero-order chi connectivity index (χ0) is 14.1. The van der Waals surface area contributed by atoms with Gasteiger partial charge in [0, 0.05) is 25.7 Å². The standard InChI is InChI=1S/C15H26N2O2/c1-4-17(10-11-19-5-2)12-15(16)13-6-8-14(18-3)9-7-13/h6-9,15H,4-5,10-12,16H2,1-3H3. The molecule has 1 unspecified atom stereocenters. The van der Waals surface area contributed by atoms with Crippen LogP contribution in [0.25, 0.3) is 0 Å². The fraction of sp³-hybridized carbons (Fsp3) is 0.600. The van der Waals surface area contributed by atoms with E-state index in [4.69, 9.17) is 15.2 Å². The summed E-state index contributed by atoms with van der Waals surface area (Å²) in [6.45, 7) is 8.44. The lowest BCUT2D eigenvalue weighted by Crippen LogP contribution is -2.34. The maximum Gasteiger partial charge on any atom is 0.118 e. The second-order valence-electron chi connectivity index (χ2n) is 4.47. The van der Waals surface area contributed by atoms with Crippen LogP contribution in [0.1, 0.15) is 25.5 Å². The molecule has 1 rings (SSSR count). The van der Waals surface area contributed by atoms with Crippen LogP contribution in [0.2, 0.25) is 0 Å². The zero-order valence-electron chi connectivity index (χ0n) is 12.3. The lowest BCUT2D eigenvalue weighted by molar-refractivity contribution is 0.113. The quantitative estimate of drug-likeness (QED) is 0.695. The average molecular weight is 266 g/mol. The molecule has 0 bridgehead atoms. The summed E-state index contributed by atoms with van der Waals surface area (Å²) in [5.74, 6) is 0.861. The van der Waals surface area contributed by atoms with E-state index in [2.05, 4.69) is 11.8 Å². The fourth-order valence-corrected chi connectivity index (χ4v) is 1.95. The second kappa shape index (κ2) is 8.91. The van der Waals surface area contributed by atoms with Crippen molar-refractivity contribution in [2.45, 2.75) is 19.9 Å². The molecule has 4 heteroatoms. The van der Waals surface area contributed by atoms with Gasteiger partial charge in [-0.1, -0.05) is 19.1 Å². The van der Waals surface area contributed by atoms with Crippen molar-refractivity contribution >= 4 is 0 Å². The number of likely N-dealkylation sites (N-methyl/N-ethyl adjacent to an activating group) is 1. The van der Waals surface area contributed by atoms with Gasteiger partial charge in [0.05, 0.1) is 13.7 Å². The van der Waals surface area contributed by atoms with Crippen LogP contribution in [0, 0.1) is 0 Å². The summed E-state index contributed by atoms with van der Waals surface area (Å²) in [5, 5.41) is 0. The highest BCUT2D eigenvalue weighted by atomic mass is 16.5. The first kappa shape index (κ1) is 16.0. The lowest BCUT2D eigenvalue weighted by Gasteiger charge is -2.24. The third kappa shape index (κ3) is 5.59. The first-order valence-corrected chi connectivity index (χ1v) is 6.90. The maximum absolute atomic E-state index is 6.24. The summed E-state index contributed by atoms with van der Waals surface area (Å²) < 4.78 is 10.5. The summed E-state index contributed by atoms with van der Waals surface area (Å²) in [6.07, 6.45) is 0. The van der Waals surface area contributed by atoms with Gasteiger partial charge in [-0.05, 0) is 31.2 Å². The summed E-state index contributed by atoms with van der Waals surface area (Å²) in [4.78, 5) is 2.31. The van der Waals surface area contributed by atoms with Gasteiger partial charge < -0.3 is 15.2 Å². The first-order valence-electron chi connectivity index (χ1n) is 6.90. The van der Waals surface area contributed by atoms with Crippen LogP contribution in [-0.2, 0) is 4.74 Å². The monoisotopic (exact) mass is 266 g/mol. The Morgan fingerprint density at radius 2 is 1.89 bits per heavy atom. The molecule has 0 aliphatic heterocycles. The number of rotatable bonds is 9. The number of nitrogens with two attached hydrogens (primary N) is 1. The number of hydrogen-bond acceptors (Lipinski definition) is 4. The molecule has 19 heavy (non-hydrogen) atoms. The predicted octanol–water partition coefficient (Wildman–Crippen LogP) is 2.05. The van der Waals surface area contributed by atoms with E-state index in [0.717, 1.165) is 44.2 Å². The van der Waals surface area contributed by atoms with Crippen LogP contribution in [0.4, 0.5) is 0 Å². The SMILES string of the molecule is CCOCCN(CC)CC(N)c1ccc(OC)cc1. The highest BCUT2D eigenvalue weighted by Crippen LogP contribution is 2.16. The summed E-state index contributed by atoms with van der Waals surface area (Å²) in [5.41, 5.74) is 7.38. The van der Waals surface area contributed by atoms with E-state index in [-0.39, 0.29) is 6.04 Å². The summed E-state index contributed by atoms with van der Waals surface area (Å²) in [6, 6.07) is 7.98. The first-order chi connectivity index (χ1) is 9.21. The van der Waals surface area contributed by atoms with E-state index in [0.29, 0.717) is 0 Å². The molecule has 1 aromatic rings. The van der Waals surface area contributed by atoms with Gasteiger partial charge in [-0.25, -0.2) is 0 Å². The van der Waals surface area contributed by atoms with Crippen molar-refractivity contribution < 1.29 is 9.47 Å². The van der Waals surface area contributed by atoms with Crippen molar-refractivity contribution in [3.63, 3.8) is 0 Å². The van der Waals surface area contributed by atoms with Crippen molar-refractivity contribution in [3.05, 3.63) is 29.8 Å². The molecule has 1 atom stereocenters. The number of nitrogens with zero attached hydrogens (tertiary/aromatic N) is 1. The van der Waals surface area contributed by atoms with Crippen LogP contribution in [0.5, 0.6) is 5.75 Å². The highest BCUT2D eigenvalue weighted by Gasteiger charge is 2.11. The average Bonchev–Trinajstić information content (AvgIpc) is 2.46. The van der Waals surface area contributed by atoms with Crippen molar-refractivity contribution in [1.82, 2.24) is 4.90 Å². The van der Waals surface area contributed by atoms with Crippen molar-refractivity contribution in [3.8, 4) is 5.75 Å². The molecule has 2 N–H and O–H groups in total. The zero-order valence-corrected chi connectivity index (χ0v) is 12.3. The van der Waals surface area contributed by atoms with Crippen LogP contribution < -0.4 is 10.5 Å². The molecule has 0 heterocycles. The van der Waals surface area contributed by atoms with E-state index in [9.17, 15) is 0 Å². The Morgan fingerprint density at radius 3 is 2.42 bits per heavy atom. The Labute approximate surface area is 116 Å². The molecule has 0 amide bonds. The van der Waals surface area contributed by atoms with Gasteiger partial charge in [0.1, 0.15) is 5.75 Å². The maximum atomic E-state index is 6.24. The lowest BCUT2D eigenvalue weighted by atomic mass is 10.1. The van der Waals surface area contributed by atoms with Gasteiger partial charge in [-0.2, -0.15) is 0 Å². The number of hydrogen-bond donors (Lipinski definition) is 1. The largest absolute Gasteiger partial charge is 0.497 e. The second-order valence-corrected chi connectivity index (χ2v) is 4.47. The Hall–Kier alpha value is -1.10. The molecule has 0 saturated carbocycles. The highest BCUT2D eigenvalue weighted by molar-refractivity contribution is 5.29. The molecular formula is C15H26N2O2. The molecule has 0 aromatic heterocycles. The molecule has 0 aliphatic carbocycles. The minimum Gasteiger partial charge on any atom is -0.497 e. The number of methoxy groups -OCH3 is 1. The van der Waals surface area contributed by atoms with Gasteiger partial charge in [0.25, 0.3) is 0 Å². The van der Waals surface area contributed by atoms with E-state index < -0.39 is 0 Å². The van der Waals surface area contributed by atoms with Crippen LogP contribution >= 0.6 is 0 Å². The normalized spacial score (nSPS) is 12.7. The smallest absolute Gasteiger partial charge is 0.118 e. The minimum atomic E-state index is 0.0208. The molecule has 0 aliphatic rings. The van der Waals surface area contributed by atoms with Gasteiger partial charge in [0.15, 0.2) is 0 Å². The van der Waals surface area contributed by atoms with Crippen LogP contribution in [0.15, 0.2) is 24.3 Å². The van der Waals surface area contributed by atoms with Gasteiger partial charge in [-0.15, -0.1) is 0 Å².